The summed E-state index contributed by atoms with van der Waals surface area (Å²) >= 11 is 0. The summed E-state index contributed by atoms with van der Waals surface area (Å²) in [5, 5.41) is 0. The molecule has 1 aliphatic heterocycles. The van der Waals surface area contributed by atoms with Gasteiger partial charge in [-0.05, 0) is 29.8 Å². The number of hydrogen-bond acceptors (Lipinski definition) is 6. The van der Waals surface area contributed by atoms with E-state index in [2.05, 4.69) is 51.2 Å². The molecule has 0 saturated carbocycles. The SMILES string of the molecule is COC(=O)CCC(Oc1ccccc1)N1CCN(c2ccncc2)C(c2ccccc2)C1. The first-order valence-electron chi connectivity index (χ1n) is 11.0. The highest BCUT2D eigenvalue weighted by molar-refractivity contribution is 5.69. The van der Waals surface area contributed by atoms with Crippen molar-refractivity contribution in [3.05, 3.63) is 90.8 Å². The Bertz CT molecular complexity index is 969. The van der Waals surface area contributed by atoms with Crippen molar-refractivity contribution in [2.24, 2.45) is 0 Å². The van der Waals surface area contributed by atoms with Gasteiger partial charge in [0.1, 0.15) is 5.75 Å². The number of para-hydroxylation sites is 1. The fourth-order valence-corrected chi connectivity index (χ4v) is 4.19. The monoisotopic (exact) mass is 431 g/mol. The third-order valence-corrected chi connectivity index (χ3v) is 5.84. The first-order valence-corrected chi connectivity index (χ1v) is 11.0. The number of hydrogen-bond donors (Lipinski definition) is 0. The number of benzene rings is 2. The number of aromatic nitrogens is 1. The van der Waals surface area contributed by atoms with Gasteiger partial charge in [0.25, 0.3) is 0 Å². The zero-order valence-corrected chi connectivity index (χ0v) is 18.3. The van der Waals surface area contributed by atoms with E-state index in [1.54, 1.807) is 0 Å². The van der Waals surface area contributed by atoms with E-state index in [-0.39, 0.29) is 18.2 Å². The van der Waals surface area contributed by atoms with Crippen molar-refractivity contribution < 1.29 is 14.3 Å². The first kappa shape index (κ1) is 21.8. The van der Waals surface area contributed by atoms with Gasteiger partial charge in [0, 0.05) is 44.1 Å². The molecule has 0 spiro atoms. The third kappa shape index (κ3) is 5.45. The van der Waals surface area contributed by atoms with E-state index in [9.17, 15) is 4.79 Å². The van der Waals surface area contributed by atoms with Crippen LogP contribution < -0.4 is 9.64 Å². The Morgan fingerprint density at radius 3 is 2.38 bits per heavy atom. The van der Waals surface area contributed by atoms with Crippen LogP contribution in [0.5, 0.6) is 5.75 Å². The van der Waals surface area contributed by atoms with Crippen molar-refractivity contribution in [3.63, 3.8) is 0 Å². The Morgan fingerprint density at radius 2 is 1.69 bits per heavy atom. The standard InChI is InChI=1S/C26H29N3O3/c1-31-26(30)13-12-25(32-23-10-6-3-7-11-23)28-18-19-29(22-14-16-27-17-15-22)24(20-28)21-8-4-2-5-9-21/h2-11,14-17,24-25H,12-13,18-20H2,1H3. The van der Waals surface area contributed by atoms with Crippen molar-refractivity contribution in [2.45, 2.75) is 25.1 Å². The Balaban J connectivity index is 1.58. The molecule has 166 valence electrons. The molecule has 2 unspecified atom stereocenters. The van der Waals surface area contributed by atoms with E-state index in [1.807, 2.05) is 48.8 Å². The molecule has 1 aromatic heterocycles. The van der Waals surface area contributed by atoms with Crippen molar-refractivity contribution in [2.75, 3.05) is 31.6 Å². The van der Waals surface area contributed by atoms with Crippen molar-refractivity contribution in [3.8, 4) is 5.75 Å². The zero-order valence-electron chi connectivity index (χ0n) is 18.3. The van der Waals surface area contributed by atoms with Crippen LogP contribution in [0.3, 0.4) is 0 Å². The molecular weight excluding hydrogens is 402 g/mol. The number of ether oxygens (including phenoxy) is 2. The number of piperazine rings is 1. The molecule has 2 aromatic carbocycles. The molecule has 0 bridgehead atoms. The number of rotatable bonds is 8. The minimum atomic E-state index is -0.221. The smallest absolute Gasteiger partial charge is 0.305 e. The number of methoxy groups -OCH3 is 1. The number of esters is 1. The van der Waals surface area contributed by atoms with Crippen LogP contribution in [0.25, 0.3) is 0 Å². The molecule has 1 fully saturated rings. The number of anilines is 1. The highest BCUT2D eigenvalue weighted by atomic mass is 16.5. The van der Waals surface area contributed by atoms with Crippen LogP contribution >= 0.6 is 0 Å². The molecule has 2 atom stereocenters. The van der Waals surface area contributed by atoms with Crippen LogP contribution in [-0.4, -0.2) is 48.8 Å². The summed E-state index contributed by atoms with van der Waals surface area (Å²) in [4.78, 5) is 20.8. The summed E-state index contributed by atoms with van der Waals surface area (Å²) in [5.74, 6) is 0.580. The molecular formula is C26H29N3O3. The number of nitrogens with zero attached hydrogens (tertiary/aromatic N) is 3. The summed E-state index contributed by atoms with van der Waals surface area (Å²) in [6.45, 7) is 2.45. The lowest BCUT2D eigenvalue weighted by Crippen LogP contribution is -2.53. The van der Waals surface area contributed by atoms with Gasteiger partial charge in [-0.1, -0.05) is 48.5 Å². The largest absolute Gasteiger partial charge is 0.475 e. The summed E-state index contributed by atoms with van der Waals surface area (Å²) in [7, 11) is 1.42. The molecule has 32 heavy (non-hydrogen) atoms. The third-order valence-electron chi connectivity index (χ3n) is 5.84. The second kappa shape index (κ2) is 10.8. The molecule has 6 heteroatoms. The molecule has 1 aliphatic rings. The number of pyridine rings is 1. The molecule has 2 heterocycles. The highest BCUT2D eigenvalue weighted by Crippen LogP contribution is 2.32. The van der Waals surface area contributed by atoms with Gasteiger partial charge in [0.2, 0.25) is 0 Å². The minimum Gasteiger partial charge on any atom is -0.475 e. The van der Waals surface area contributed by atoms with E-state index in [1.165, 1.54) is 12.7 Å². The Morgan fingerprint density at radius 1 is 1.00 bits per heavy atom. The van der Waals surface area contributed by atoms with Crippen LogP contribution in [0.4, 0.5) is 5.69 Å². The van der Waals surface area contributed by atoms with E-state index < -0.39 is 0 Å². The molecule has 3 aromatic rings. The van der Waals surface area contributed by atoms with Crippen molar-refractivity contribution in [1.82, 2.24) is 9.88 Å². The lowest BCUT2D eigenvalue weighted by molar-refractivity contribution is -0.141. The molecule has 0 radical (unpaired) electrons. The van der Waals surface area contributed by atoms with Gasteiger partial charge in [-0.15, -0.1) is 0 Å². The number of carbonyl (C=O) groups excluding carboxylic acids is 1. The van der Waals surface area contributed by atoms with Gasteiger partial charge in [-0.3, -0.25) is 14.7 Å². The Hall–Kier alpha value is -3.38. The number of carbonyl (C=O) groups is 1. The summed E-state index contributed by atoms with van der Waals surface area (Å²) in [6, 6.07) is 24.6. The molecule has 6 nitrogen and oxygen atoms in total. The molecule has 1 saturated heterocycles. The quantitative estimate of drug-likeness (QED) is 0.496. The lowest BCUT2D eigenvalue weighted by atomic mass is 10.0. The molecule has 0 amide bonds. The van der Waals surface area contributed by atoms with Gasteiger partial charge in [-0.25, -0.2) is 0 Å². The summed E-state index contributed by atoms with van der Waals surface area (Å²) < 4.78 is 11.2. The van der Waals surface area contributed by atoms with Gasteiger partial charge in [-0.2, -0.15) is 0 Å². The van der Waals surface area contributed by atoms with Gasteiger partial charge >= 0.3 is 5.97 Å². The predicted octanol–water partition coefficient (Wildman–Crippen LogP) is 4.30. The lowest BCUT2D eigenvalue weighted by Gasteiger charge is -2.45. The summed E-state index contributed by atoms with van der Waals surface area (Å²) in [5.41, 5.74) is 2.41. The molecule has 0 aliphatic carbocycles. The predicted molar refractivity (Wildman–Crippen MR) is 124 cm³/mol. The normalized spacial score (nSPS) is 17.5. The fourth-order valence-electron chi connectivity index (χ4n) is 4.19. The van der Waals surface area contributed by atoms with Gasteiger partial charge in [0.15, 0.2) is 6.23 Å². The topological polar surface area (TPSA) is 54.9 Å². The second-order valence-electron chi connectivity index (χ2n) is 7.82. The maximum absolute atomic E-state index is 11.9. The Kier molecular flexibility index (Phi) is 7.35. The second-order valence-corrected chi connectivity index (χ2v) is 7.82. The zero-order chi connectivity index (χ0) is 22.2. The van der Waals surface area contributed by atoms with Crippen molar-refractivity contribution >= 4 is 11.7 Å². The van der Waals surface area contributed by atoms with Crippen LogP contribution in [0.1, 0.15) is 24.4 Å². The average Bonchev–Trinajstić information content (AvgIpc) is 2.87. The van der Waals surface area contributed by atoms with Gasteiger partial charge < -0.3 is 14.4 Å². The molecule has 0 N–H and O–H groups in total. The van der Waals surface area contributed by atoms with Crippen LogP contribution in [0.15, 0.2) is 85.2 Å². The van der Waals surface area contributed by atoms with E-state index in [4.69, 9.17) is 9.47 Å². The molecule has 4 rings (SSSR count). The van der Waals surface area contributed by atoms with Crippen molar-refractivity contribution in [1.29, 1.82) is 0 Å². The average molecular weight is 432 g/mol. The first-order chi connectivity index (χ1) is 15.7. The van der Waals surface area contributed by atoms with Gasteiger partial charge in [0.05, 0.1) is 19.6 Å². The van der Waals surface area contributed by atoms with Crippen LogP contribution in [-0.2, 0) is 9.53 Å². The van der Waals surface area contributed by atoms with E-state index in [0.717, 1.165) is 31.1 Å². The van der Waals surface area contributed by atoms with E-state index >= 15 is 0 Å². The Labute approximate surface area is 189 Å². The maximum atomic E-state index is 11.9. The fraction of sp³-hybridized carbons (Fsp3) is 0.308. The van der Waals surface area contributed by atoms with Crippen LogP contribution in [0, 0.1) is 0 Å². The van der Waals surface area contributed by atoms with Crippen LogP contribution in [0.2, 0.25) is 0 Å². The minimum absolute atomic E-state index is 0.160. The van der Waals surface area contributed by atoms with E-state index in [0.29, 0.717) is 12.8 Å². The summed E-state index contributed by atoms with van der Waals surface area (Å²) in [6.07, 6.45) is 4.33. The maximum Gasteiger partial charge on any atom is 0.305 e. The highest BCUT2D eigenvalue weighted by Gasteiger charge is 2.33.